The van der Waals surface area contributed by atoms with Gasteiger partial charge in [-0.15, -0.1) is 0 Å². The number of amides is 1. The molecule has 0 unspecified atom stereocenters. The minimum Gasteiger partial charge on any atom is -0.478 e. The molecule has 0 bridgehead atoms. The molecule has 16 heavy (non-hydrogen) atoms. The van der Waals surface area contributed by atoms with Crippen LogP contribution in [0.2, 0.25) is 0 Å². The highest BCUT2D eigenvalue weighted by atomic mass is 16.4. The lowest BCUT2D eigenvalue weighted by atomic mass is 10.3. The van der Waals surface area contributed by atoms with Crippen molar-refractivity contribution in [1.82, 2.24) is 10.2 Å². The van der Waals surface area contributed by atoms with Crippen LogP contribution < -0.4 is 5.32 Å². The van der Waals surface area contributed by atoms with Gasteiger partial charge in [-0.3, -0.25) is 4.79 Å². The molecule has 0 aliphatic heterocycles. The summed E-state index contributed by atoms with van der Waals surface area (Å²) in [6.07, 6.45) is 2.73. The lowest BCUT2D eigenvalue weighted by Gasteiger charge is -2.17. The van der Waals surface area contributed by atoms with Gasteiger partial charge in [-0.1, -0.05) is 13.8 Å². The van der Waals surface area contributed by atoms with Gasteiger partial charge in [0, 0.05) is 18.7 Å². The van der Waals surface area contributed by atoms with Gasteiger partial charge in [0.05, 0.1) is 0 Å². The first-order valence-electron chi connectivity index (χ1n) is 5.51. The fourth-order valence-corrected chi connectivity index (χ4v) is 1.26. The van der Waals surface area contributed by atoms with E-state index in [1.165, 1.54) is 0 Å². The van der Waals surface area contributed by atoms with E-state index < -0.39 is 5.97 Å². The first-order valence-corrected chi connectivity index (χ1v) is 5.51. The van der Waals surface area contributed by atoms with E-state index in [1.807, 2.05) is 0 Å². The highest BCUT2D eigenvalue weighted by Crippen LogP contribution is 1.89. The van der Waals surface area contributed by atoms with Crippen LogP contribution in [0.25, 0.3) is 0 Å². The van der Waals surface area contributed by atoms with Gasteiger partial charge in [0.25, 0.3) is 0 Å². The third kappa shape index (κ3) is 7.99. The molecular weight excluding hydrogens is 208 g/mol. The minimum atomic E-state index is -1.11. The summed E-state index contributed by atoms with van der Waals surface area (Å²) in [5.74, 6) is -1.47. The van der Waals surface area contributed by atoms with Crippen molar-refractivity contribution in [1.29, 1.82) is 0 Å². The Morgan fingerprint density at radius 3 is 2.38 bits per heavy atom. The molecule has 2 N–H and O–H groups in total. The normalized spacial score (nSPS) is 10.9. The van der Waals surface area contributed by atoms with Crippen LogP contribution >= 0.6 is 0 Å². The quantitative estimate of drug-likeness (QED) is 0.468. The van der Waals surface area contributed by atoms with E-state index in [0.29, 0.717) is 6.54 Å². The van der Waals surface area contributed by atoms with Crippen molar-refractivity contribution in [3.8, 4) is 0 Å². The second-order valence-corrected chi connectivity index (χ2v) is 3.34. The van der Waals surface area contributed by atoms with E-state index in [2.05, 4.69) is 24.1 Å². The third-order valence-corrected chi connectivity index (χ3v) is 2.22. The molecule has 0 fully saturated rings. The Hall–Kier alpha value is -1.36. The number of nitrogens with zero attached hydrogens (tertiary/aromatic N) is 1. The summed E-state index contributed by atoms with van der Waals surface area (Å²) in [5.41, 5.74) is 0. The minimum absolute atomic E-state index is 0.359. The lowest BCUT2D eigenvalue weighted by Crippen LogP contribution is -2.29. The van der Waals surface area contributed by atoms with Gasteiger partial charge in [0.1, 0.15) is 0 Å². The second-order valence-electron chi connectivity index (χ2n) is 3.34. The molecule has 0 aromatic heterocycles. The number of rotatable bonds is 8. The van der Waals surface area contributed by atoms with Gasteiger partial charge < -0.3 is 15.3 Å². The highest BCUT2D eigenvalue weighted by Gasteiger charge is 1.99. The van der Waals surface area contributed by atoms with Crippen molar-refractivity contribution >= 4 is 11.9 Å². The van der Waals surface area contributed by atoms with Crippen LogP contribution in [0.5, 0.6) is 0 Å². The van der Waals surface area contributed by atoms with Crippen LogP contribution in [0.1, 0.15) is 20.3 Å². The molecule has 0 rings (SSSR count). The fourth-order valence-electron chi connectivity index (χ4n) is 1.26. The maximum Gasteiger partial charge on any atom is 0.328 e. The first-order chi connectivity index (χ1) is 7.60. The Balaban J connectivity index is 3.58. The smallest absolute Gasteiger partial charge is 0.328 e. The Kier molecular flexibility index (Phi) is 8.15. The summed E-state index contributed by atoms with van der Waals surface area (Å²) in [4.78, 5) is 23.4. The van der Waals surface area contributed by atoms with Crippen molar-refractivity contribution in [3.05, 3.63) is 12.2 Å². The number of carbonyl (C=O) groups is 2. The molecule has 0 radical (unpaired) electrons. The largest absolute Gasteiger partial charge is 0.478 e. The van der Waals surface area contributed by atoms with Crippen LogP contribution in [-0.2, 0) is 9.59 Å². The Morgan fingerprint density at radius 1 is 1.25 bits per heavy atom. The Labute approximate surface area is 96.1 Å². The predicted molar refractivity (Wildman–Crippen MR) is 62.2 cm³/mol. The van der Waals surface area contributed by atoms with Crippen LogP contribution in [0, 0.1) is 0 Å². The summed E-state index contributed by atoms with van der Waals surface area (Å²) in [7, 11) is 0. The van der Waals surface area contributed by atoms with Crippen molar-refractivity contribution in [3.63, 3.8) is 0 Å². The Bertz CT molecular complexity index is 248. The topological polar surface area (TPSA) is 69.6 Å². The maximum atomic E-state index is 11.1. The maximum absolute atomic E-state index is 11.1. The molecule has 5 heteroatoms. The van der Waals surface area contributed by atoms with Gasteiger partial charge in [-0.2, -0.15) is 0 Å². The van der Waals surface area contributed by atoms with Crippen molar-refractivity contribution in [2.75, 3.05) is 26.2 Å². The summed E-state index contributed by atoms with van der Waals surface area (Å²) in [6, 6.07) is 0. The van der Waals surface area contributed by atoms with Crippen LogP contribution in [0.15, 0.2) is 12.2 Å². The number of aliphatic carboxylic acids is 1. The van der Waals surface area contributed by atoms with Gasteiger partial charge in [-0.05, 0) is 26.1 Å². The third-order valence-electron chi connectivity index (χ3n) is 2.22. The molecule has 0 aliphatic carbocycles. The molecule has 5 nitrogen and oxygen atoms in total. The molecule has 0 saturated carbocycles. The summed E-state index contributed by atoms with van der Waals surface area (Å²) in [5, 5.41) is 10.9. The first kappa shape index (κ1) is 14.6. The van der Waals surface area contributed by atoms with Crippen molar-refractivity contribution in [2.45, 2.75) is 20.3 Å². The molecule has 0 atom stereocenters. The number of carboxylic acids is 1. The van der Waals surface area contributed by atoms with Crippen molar-refractivity contribution < 1.29 is 14.7 Å². The zero-order valence-corrected chi connectivity index (χ0v) is 9.90. The average Bonchev–Trinajstić information content (AvgIpc) is 2.26. The average molecular weight is 228 g/mol. The van der Waals surface area contributed by atoms with Gasteiger partial charge in [-0.25, -0.2) is 4.79 Å². The van der Waals surface area contributed by atoms with E-state index in [-0.39, 0.29) is 5.91 Å². The lowest BCUT2D eigenvalue weighted by molar-refractivity contribution is -0.131. The molecule has 0 spiro atoms. The second kappa shape index (κ2) is 8.91. The number of hydrogen-bond acceptors (Lipinski definition) is 3. The molecule has 0 aromatic carbocycles. The van der Waals surface area contributed by atoms with Gasteiger partial charge >= 0.3 is 5.97 Å². The van der Waals surface area contributed by atoms with E-state index in [4.69, 9.17) is 5.11 Å². The Morgan fingerprint density at radius 2 is 1.88 bits per heavy atom. The zero-order chi connectivity index (χ0) is 12.4. The summed E-state index contributed by atoms with van der Waals surface area (Å²) >= 11 is 0. The number of carbonyl (C=O) groups excluding carboxylic acids is 1. The molecule has 0 aromatic rings. The van der Waals surface area contributed by atoms with E-state index >= 15 is 0 Å². The standard InChI is InChI=1S/C11H20N2O3/c1-3-13(4-2)9-5-8-12-10(14)6-7-11(15)16/h6-7H,3-5,8-9H2,1-2H3,(H,12,14)(H,15,16)/b7-6-. The number of nitrogens with one attached hydrogen (secondary N) is 1. The van der Waals surface area contributed by atoms with Crippen LogP contribution in [-0.4, -0.2) is 48.1 Å². The van der Waals surface area contributed by atoms with E-state index in [1.54, 1.807) is 0 Å². The van der Waals surface area contributed by atoms with E-state index in [9.17, 15) is 9.59 Å². The molecule has 0 saturated heterocycles. The molecule has 0 aliphatic rings. The monoisotopic (exact) mass is 228 g/mol. The van der Waals surface area contributed by atoms with Gasteiger partial charge in [0.2, 0.25) is 5.91 Å². The van der Waals surface area contributed by atoms with Crippen LogP contribution in [0.3, 0.4) is 0 Å². The highest BCUT2D eigenvalue weighted by molar-refractivity contribution is 5.93. The molecule has 92 valence electrons. The summed E-state index contributed by atoms with van der Waals surface area (Å²) < 4.78 is 0. The molecule has 0 heterocycles. The fraction of sp³-hybridized carbons (Fsp3) is 0.636. The van der Waals surface area contributed by atoms with Crippen LogP contribution in [0.4, 0.5) is 0 Å². The van der Waals surface area contributed by atoms with E-state index in [0.717, 1.165) is 38.2 Å². The number of carboxylic acid groups (broad SMARTS) is 1. The SMILES string of the molecule is CCN(CC)CCCNC(=O)/C=C\C(=O)O. The zero-order valence-electron chi connectivity index (χ0n) is 9.90. The molecular formula is C11H20N2O3. The predicted octanol–water partition coefficient (Wildman–Crippen LogP) is 0.475. The summed E-state index contributed by atoms with van der Waals surface area (Å²) in [6.45, 7) is 7.71. The van der Waals surface area contributed by atoms with Crippen molar-refractivity contribution in [2.24, 2.45) is 0 Å². The number of hydrogen-bond donors (Lipinski definition) is 2. The van der Waals surface area contributed by atoms with Gasteiger partial charge in [0.15, 0.2) is 0 Å². The molecule has 1 amide bonds.